The van der Waals surface area contributed by atoms with Gasteiger partial charge >= 0.3 is 0 Å². The van der Waals surface area contributed by atoms with E-state index in [9.17, 15) is 9.90 Å². The van der Waals surface area contributed by atoms with Crippen molar-refractivity contribution < 1.29 is 14.6 Å². The Balaban J connectivity index is 1.55. The average Bonchev–Trinajstić information content (AvgIpc) is 3.26. The number of benzene rings is 1. The average molecular weight is 303 g/mol. The van der Waals surface area contributed by atoms with Crippen LogP contribution in [0, 0.1) is 5.92 Å². The zero-order valence-corrected chi connectivity index (χ0v) is 13.2. The second-order valence-electron chi connectivity index (χ2n) is 6.64. The van der Waals surface area contributed by atoms with Crippen LogP contribution in [0.15, 0.2) is 24.3 Å². The van der Waals surface area contributed by atoms with E-state index in [1.54, 1.807) is 11.9 Å². The molecule has 1 aromatic carbocycles. The minimum absolute atomic E-state index is 0.0490. The smallest absolute Gasteiger partial charge is 0.253 e. The van der Waals surface area contributed by atoms with E-state index in [4.69, 9.17) is 4.74 Å². The lowest BCUT2D eigenvalue weighted by Gasteiger charge is -2.21. The maximum atomic E-state index is 12.4. The van der Waals surface area contributed by atoms with Gasteiger partial charge in [0.25, 0.3) is 5.91 Å². The second kappa shape index (κ2) is 6.69. The van der Waals surface area contributed by atoms with Gasteiger partial charge in [-0.2, -0.15) is 0 Å². The second-order valence-corrected chi connectivity index (χ2v) is 6.64. The molecule has 0 bridgehead atoms. The number of carbonyl (C=O) groups excluding carboxylic acids is 1. The van der Waals surface area contributed by atoms with Gasteiger partial charge in [-0.3, -0.25) is 4.79 Å². The Morgan fingerprint density at radius 1 is 1.23 bits per heavy atom. The zero-order chi connectivity index (χ0) is 15.5. The van der Waals surface area contributed by atoms with Crippen LogP contribution in [-0.4, -0.2) is 41.7 Å². The molecule has 0 aromatic heterocycles. The normalized spacial score (nSPS) is 19.9. The van der Waals surface area contributed by atoms with Crippen molar-refractivity contribution in [2.75, 3.05) is 13.6 Å². The number of hydrogen-bond acceptors (Lipinski definition) is 3. The van der Waals surface area contributed by atoms with Gasteiger partial charge < -0.3 is 14.7 Å². The molecule has 0 heterocycles. The monoisotopic (exact) mass is 303 g/mol. The summed E-state index contributed by atoms with van der Waals surface area (Å²) in [5, 5.41) is 9.94. The molecule has 1 aromatic rings. The molecule has 120 valence electrons. The maximum Gasteiger partial charge on any atom is 0.253 e. The number of likely N-dealkylation sites (N-methyl/N-ethyl adjacent to an activating group) is 1. The summed E-state index contributed by atoms with van der Waals surface area (Å²) in [7, 11) is 1.75. The molecule has 0 saturated heterocycles. The number of aliphatic hydroxyl groups excluding tert-OH is 1. The molecule has 4 heteroatoms. The number of aliphatic hydroxyl groups is 1. The third-order valence-electron chi connectivity index (χ3n) is 4.68. The molecule has 2 fully saturated rings. The minimum Gasteiger partial charge on any atom is -0.490 e. The molecule has 3 rings (SSSR count). The summed E-state index contributed by atoms with van der Waals surface area (Å²) in [4.78, 5) is 14.0. The summed E-state index contributed by atoms with van der Waals surface area (Å²) in [5.74, 6) is 1.17. The SMILES string of the molecule is CN(CC(O)C1CC1)C(=O)c1ccc(OC2CCCC2)cc1. The molecule has 2 aliphatic carbocycles. The highest BCUT2D eigenvalue weighted by Gasteiger charge is 2.31. The summed E-state index contributed by atoms with van der Waals surface area (Å²) in [6, 6.07) is 7.37. The van der Waals surface area contributed by atoms with Gasteiger partial charge in [-0.1, -0.05) is 0 Å². The Bertz CT molecular complexity index is 504. The van der Waals surface area contributed by atoms with Crippen LogP contribution in [0.25, 0.3) is 0 Å². The highest BCUT2D eigenvalue weighted by molar-refractivity contribution is 5.94. The lowest BCUT2D eigenvalue weighted by molar-refractivity contribution is 0.0645. The van der Waals surface area contributed by atoms with E-state index >= 15 is 0 Å². The highest BCUT2D eigenvalue weighted by atomic mass is 16.5. The summed E-state index contributed by atoms with van der Waals surface area (Å²) in [5.41, 5.74) is 0.643. The molecule has 1 N–H and O–H groups in total. The Hall–Kier alpha value is -1.55. The predicted octanol–water partition coefficient (Wildman–Crippen LogP) is 2.85. The van der Waals surface area contributed by atoms with Gasteiger partial charge in [-0.15, -0.1) is 0 Å². The first-order valence-corrected chi connectivity index (χ1v) is 8.34. The lowest BCUT2D eigenvalue weighted by Crippen LogP contribution is -2.35. The number of hydrogen-bond donors (Lipinski definition) is 1. The van der Waals surface area contributed by atoms with Crippen molar-refractivity contribution in [3.8, 4) is 5.75 Å². The molecule has 1 atom stereocenters. The van der Waals surface area contributed by atoms with Crippen LogP contribution in [0.4, 0.5) is 0 Å². The predicted molar refractivity (Wildman–Crippen MR) is 85.0 cm³/mol. The largest absolute Gasteiger partial charge is 0.490 e. The van der Waals surface area contributed by atoms with Crippen LogP contribution in [0.1, 0.15) is 48.9 Å². The molecular weight excluding hydrogens is 278 g/mol. The van der Waals surface area contributed by atoms with Crippen molar-refractivity contribution in [3.63, 3.8) is 0 Å². The fourth-order valence-corrected chi connectivity index (χ4v) is 3.09. The molecule has 2 saturated carbocycles. The Morgan fingerprint density at radius 3 is 2.45 bits per heavy atom. The summed E-state index contributed by atoms with van der Waals surface area (Å²) in [6.45, 7) is 0.407. The van der Waals surface area contributed by atoms with Crippen molar-refractivity contribution in [2.45, 2.75) is 50.7 Å². The third-order valence-corrected chi connectivity index (χ3v) is 4.68. The number of amides is 1. The molecule has 0 radical (unpaired) electrons. The molecule has 2 aliphatic rings. The molecular formula is C18H25NO3. The van der Waals surface area contributed by atoms with Crippen molar-refractivity contribution >= 4 is 5.91 Å². The van der Waals surface area contributed by atoms with Crippen molar-refractivity contribution in [1.29, 1.82) is 0 Å². The topological polar surface area (TPSA) is 49.8 Å². The van der Waals surface area contributed by atoms with Gasteiger partial charge in [-0.05, 0) is 68.7 Å². The quantitative estimate of drug-likeness (QED) is 0.879. The van der Waals surface area contributed by atoms with E-state index in [0.717, 1.165) is 31.4 Å². The summed E-state index contributed by atoms with van der Waals surface area (Å²) >= 11 is 0. The zero-order valence-electron chi connectivity index (χ0n) is 13.2. The number of rotatable bonds is 6. The van der Waals surface area contributed by atoms with Gasteiger partial charge in [0.05, 0.1) is 12.2 Å². The first-order valence-electron chi connectivity index (χ1n) is 8.34. The number of carbonyl (C=O) groups is 1. The molecule has 0 aliphatic heterocycles. The van der Waals surface area contributed by atoms with Gasteiger partial charge in [-0.25, -0.2) is 0 Å². The molecule has 0 spiro atoms. The van der Waals surface area contributed by atoms with E-state index in [-0.39, 0.29) is 12.0 Å². The molecule has 4 nitrogen and oxygen atoms in total. The first-order chi connectivity index (χ1) is 10.6. The van der Waals surface area contributed by atoms with Crippen LogP contribution >= 0.6 is 0 Å². The first kappa shape index (κ1) is 15.3. The summed E-state index contributed by atoms with van der Waals surface area (Å²) in [6.07, 6.45) is 6.85. The van der Waals surface area contributed by atoms with Crippen molar-refractivity contribution in [2.24, 2.45) is 5.92 Å². The van der Waals surface area contributed by atoms with Gasteiger partial charge in [0.1, 0.15) is 5.75 Å². The van der Waals surface area contributed by atoms with Crippen LogP contribution in [-0.2, 0) is 0 Å². The van der Waals surface area contributed by atoms with Crippen LogP contribution in [0.3, 0.4) is 0 Å². The van der Waals surface area contributed by atoms with Crippen molar-refractivity contribution in [1.82, 2.24) is 4.90 Å². The number of nitrogens with zero attached hydrogens (tertiary/aromatic N) is 1. The third kappa shape index (κ3) is 3.80. The highest BCUT2D eigenvalue weighted by Crippen LogP contribution is 2.32. The Labute approximate surface area is 132 Å². The van der Waals surface area contributed by atoms with Gasteiger partial charge in [0.2, 0.25) is 0 Å². The maximum absolute atomic E-state index is 12.4. The Kier molecular flexibility index (Phi) is 4.67. The van der Waals surface area contributed by atoms with Crippen molar-refractivity contribution in [3.05, 3.63) is 29.8 Å². The number of ether oxygens (including phenoxy) is 1. The fraction of sp³-hybridized carbons (Fsp3) is 0.611. The molecule has 1 amide bonds. The summed E-state index contributed by atoms with van der Waals surface area (Å²) < 4.78 is 5.91. The lowest BCUT2D eigenvalue weighted by atomic mass is 10.1. The van der Waals surface area contributed by atoms with E-state index in [1.165, 1.54) is 12.8 Å². The Morgan fingerprint density at radius 2 is 1.86 bits per heavy atom. The molecule has 22 heavy (non-hydrogen) atoms. The van der Waals surface area contributed by atoms with Gasteiger partial charge in [0, 0.05) is 19.2 Å². The standard InChI is InChI=1S/C18H25NO3/c1-19(12-17(20)13-6-7-13)18(21)14-8-10-16(11-9-14)22-15-4-2-3-5-15/h8-11,13,15,17,20H,2-7,12H2,1H3. The van der Waals surface area contributed by atoms with E-state index < -0.39 is 0 Å². The van der Waals surface area contributed by atoms with E-state index in [2.05, 4.69) is 0 Å². The van der Waals surface area contributed by atoms with Crippen LogP contribution in [0.5, 0.6) is 5.75 Å². The fourth-order valence-electron chi connectivity index (χ4n) is 3.09. The van der Waals surface area contributed by atoms with E-state index in [1.807, 2.05) is 24.3 Å². The van der Waals surface area contributed by atoms with Crippen LogP contribution in [0.2, 0.25) is 0 Å². The van der Waals surface area contributed by atoms with Crippen LogP contribution < -0.4 is 4.74 Å². The van der Waals surface area contributed by atoms with E-state index in [0.29, 0.717) is 24.1 Å². The minimum atomic E-state index is -0.390. The van der Waals surface area contributed by atoms with Gasteiger partial charge in [0.15, 0.2) is 0 Å². The molecule has 1 unspecified atom stereocenters.